The van der Waals surface area contributed by atoms with Crippen molar-refractivity contribution in [2.24, 2.45) is 5.92 Å². The number of allylic oxidation sites excluding steroid dienone is 3. The molecule has 0 unspecified atom stereocenters. The molecular weight excluding hydrogens is 483 g/mol. The maximum atomic E-state index is 13.6. The van der Waals surface area contributed by atoms with Crippen LogP contribution in [0.4, 0.5) is 17.6 Å². The summed E-state index contributed by atoms with van der Waals surface area (Å²) < 4.78 is 62.5. The van der Waals surface area contributed by atoms with Gasteiger partial charge in [0, 0.05) is 12.5 Å². The lowest BCUT2D eigenvalue weighted by Gasteiger charge is -2.16. The molecule has 4 nitrogen and oxygen atoms in total. The number of alkyl halides is 4. The van der Waals surface area contributed by atoms with E-state index in [9.17, 15) is 22.4 Å². The number of rotatable bonds is 6. The van der Waals surface area contributed by atoms with Gasteiger partial charge in [0.15, 0.2) is 0 Å². The Kier molecular flexibility index (Phi) is 5.68. The number of hydrogen-bond acceptors (Lipinski definition) is 3. The highest BCUT2D eigenvalue weighted by atomic mass is 127. The zero-order valence-corrected chi connectivity index (χ0v) is 16.0. The lowest BCUT2D eigenvalue weighted by atomic mass is 10.1. The number of halogens is 5. The first-order valence-electron chi connectivity index (χ1n) is 8.09. The monoisotopic (exact) mass is 498 g/mol. The van der Waals surface area contributed by atoms with Crippen molar-refractivity contribution in [3.05, 3.63) is 58.8 Å². The highest BCUT2D eigenvalue weighted by molar-refractivity contribution is 14.1. The number of aliphatic carboxylic acids is 1. The number of carboxylic acid groups (broad SMARTS) is 1. The first-order valence-corrected chi connectivity index (χ1v) is 9.34. The highest BCUT2D eigenvalue weighted by Gasteiger charge is 2.56. The van der Waals surface area contributed by atoms with Crippen molar-refractivity contribution < 1.29 is 36.9 Å². The van der Waals surface area contributed by atoms with Crippen molar-refractivity contribution in [2.75, 3.05) is 0 Å². The van der Waals surface area contributed by atoms with Gasteiger partial charge in [-0.25, -0.2) is 4.39 Å². The molecular formula is C18H15F4IO4. The Morgan fingerprint density at radius 1 is 1.33 bits per heavy atom. The summed E-state index contributed by atoms with van der Waals surface area (Å²) in [5.41, 5.74) is -1.05. The fourth-order valence-electron chi connectivity index (χ4n) is 2.72. The summed E-state index contributed by atoms with van der Waals surface area (Å²) >= 11 is 2.04. The molecule has 1 saturated carbocycles. The molecule has 27 heavy (non-hydrogen) atoms. The first kappa shape index (κ1) is 20.0. The molecule has 1 aromatic rings. The molecule has 1 N–H and O–H groups in total. The largest absolute Gasteiger partial charge is 0.493 e. The molecule has 0 saturated heterocycles. The van der Waals surface area contributed by atoms with Gasteiger partial charge >= 0.3 is 12.1 Å². The van der Waals surface area contributed by atoms with Crippen molar-refractivity contribution in [3.63, 3.8) is 0 Å². The fraction of sp³-hybridized carbons (Fsp3) is 0.389. The lowest BCUT2D eigenvalue weighted by Crippen LogP contribution is -2.09. The van der Waals surface area contributed by atoms with E-state index in [4.69, 9.17) is 14.6 Å². The van der Waals surface area contributed by atoms with Gasteiger partial charge in [-0.3, -0.25) is 4.79 Å². The van der Waals surface area contributed by atoms with Crippen LogP contribution in [0, 0.1) is 11.7 Å². The minimum atomic E-state index is -4.74. The molecule has 9 heteroatoms. The molecule has 0 bridgehead atoms. The van der Waals surface area contributed by atoms with Gasteiger partial charge in [0.2, 0.25) is 0 Å². The van der Waals surface area contributed by atoms with Crippen LogP contribution < -0.4 is 0 Å². The number of hydrogen-bond donors (Lipinski definition) is 1. The average Bonchev–Trinajstić information content (AvgIpc) is 3.21. The smallest absolute Gasteiger partial charge is 0.419 e. The normalized spacial score (nSPS) is 24.7. The Bertz CT molecular complexity index is 803. The van der Waals surface area contributed by atoms with E-state index in [0.717, 1.165) is 6.07 Å². The minimum Gasteiger partial charge on any atom is -0.493 e. The van der Waals surface area contributed by atoms with Gasteiger partial charge < -0.3 is 14.6 Å². The third-order valence-electron chi connectivity index (χ3n) is 4.23. The van der Waals surface area contributed by atoms with Gasteiger partial charge in [0.1, 0.15) is 36.0 Å². The summed E-state index contributed by atoms with van der Waals surface area (Å²) in [6, 6.07) is 2.65. The fourth-order valence-corrected chi connectivity index (χ4v) is 3.79. The molecule has 0 spiro atoms. The number of benzene rings is 1. The number of ether oxygens (including phenoxy) is 2. The molecule has 0 radical (unpaired) electrons. The average molecular weight is 498 g/mol. The molecule has 0 aromatic heterocycles. The van der Waals surface area contributed by atoms with Crippen LogP contribution in [0.3, 0.4) is 0 Å². The van der Waals surface area contributed by atoms with Gasteiger partial charge in [0.05, 0.1) is 9.49 Å². The summed E-state index contributed by atoms with van der Waals surface area (Å²) in [5.74, 6) is -1.72. The van der Waals surface area contributed by atoms with Crippen molar-refractivity contribution >= 4 is 28.6 Å². The summed E-state index contributed by atoms with van der Waals surface area (Å²) in [5, 5.41) is 9.04. The maximum absolute atomic E-state index is 13.6. The van der Waals surface area contributed by atoms with E-state index >= 15 is 0 Å². The van der Waals surface area contributed by atoms with Crippen LogP contribution in [0.15, 0.2) is 41.9 Å². The summed E-state index contributed by atoms with van der Waals surface area (Å²) in [7, 11) is 0. The Balaban J connectivity index is 1.58. The summed E-state index contributed by atoms with van der Waals surface area (Å²) in [4.78, 5) is 11.0. The predicted octanol–water partition coefficient (Wildman–Crippen LogP) is 4.83. The van der Waals surface area contributed by atoms with Crippen molar-refractivity contribution in [3.8, 4) is 0 Å². The molecule has 2 aliphatic carbocycles. The van der Waals surface area contributed by atoms with Crippen molar-refractivity contribution in [1.82, 2.24) is 0 Å². The van der Waals surface area contributed by atoms with E-state index in [2.05, 4.69) is 0 Å². The van der Waals surface area contributed by atoms with E-state index in [1.807, 2.05) is 22.6 Å². The zero-order valence-electron chi connectivity index (χ0n) is 13.8. The van der Waals surface area contributed by atoms with Crippen molar-refractivity contribution in [2.45, 2.75) is 35.7 Å². The molecule has 2 aliphatic rings. The molecule has 3 atom stereocenters. The second kappa shape index (κ2) is 7.69. The third kappa shape index (κ3) is 4.74. The Morgan fingerprint density at radius 3 is 2.67 bits per heavy atom. The van der Waals surface area contributed by atoms with Crippen molar-refractivity contribution in [1.29, 1.82) is 0 Å². The standard InChI is InChI=1S/C18H15F4IO4/c19-13-6-9(4-5-12(13)18(20,21)22)8-26-10-2-1-3-11(7-10)27-16-14(15(16)23)17(24)25/h2,4-7,14-16H,1,3,8H2,(H,24,25)/t14-,15-,16+/m1/s1. The van der Waals surface area contributed by atoms with Crippen LogP contribution in [0.5, 0.6) is 0 Å². The van der Waals surface area contributed by atoms with Crippen LogP contribution in [-0.4, -0.2) is 21.1 Å². The second-order valence-electron chi connectivity index (χ2n) is 6.25. The SMILES string of the molecule is O=C(O)[C@@H]1[C@@H](I)[C@H]1OC1=CC(OCc2ccc(C(F)(F)F)c(F)c2)=CCC1. The van der Waals surface area contributed by atoms with Gasteiger partial charge in [-0.05, 0) is 30.2 Å². The van der Waals surface area contributed by atoms with Crippen LogP contribution in [0.25, 0.3) is 0 Å². The van der Waals surface area contributed by atoms with Crippen LogP contribution in [-0.2, 0) is 27.1 Å². The summed E-state index contributed by atoms with van der Waals surface area (Å²) in [6.07, 6.45) is -0.469. The Labute approximate surface area is 166 Å². The number of carbonyl (C=O) groups is 1. The molecule has 0 aliphatic heterocycles. The quantitative estimate of drug-likeness (QED) is 0.347. The molecule has 3 rings (SSSR count). The topological polar surface area (TPSA) is 55.8 Å². The third-order valence-corrected chi connectivity index (χ3v) is 5.71. The summed E-state index contributed by atoms with van der Waals surface area (Å²) in [6.45, 7) is -0.0965. The van der Waals surface area contributed by atoms with Crippen LogP contribution >= 0.6 is 22.6 Å². The molecule has 146 valence electrons. The van der Waals surface area contributed by atoms with E-state index in [1.54, 1.807) is 12.2 Å². The van der Waals surface area contributed by atoms with Gasteiger partial charge in [-0.15, -0.1) is 0 Å². The first-order chi connectivity index (χ1) is 12.7. The van der Waals surface area contributed by atoms with Crippen LogP contribution in [0.2, 0.25) is 0 Å². The molecule has 0 heterocycles. The van der Waals surface area contributed by atoms with E-state index in [-0.39, 0.29) is 22.2 Å². The second-order valence-corrected chi connectivity index (χ2v) is 7.69. The minimum absolute atomic E-state index is 0.0913. The predicted molar refractivity (Wildman–Crippen MR) is 95.4 cm³/mol. The van der Waals surface area contributed by atoms with Crippen LogP contribution in [0.1, 0.15) is 24.0 Å². The van der Waals surface area contributed by atoms with Gasteiger partial charge in [0.25, 0.3) is 0 Å². The zero-order chi connectivity index (χ0) is 19.8. The van der Waals surface area contributed by atoms with E-state index in [1.165, 1.54) is 6.07 Å². The molecule has 1 fully saturated rings. The van der Waals surface area contributed by atoms with Gasteiger partial charge in [-0.1, -0.05) is 28.7 Å². The number of carboxylic acids is 1. The molecule has 1 aromatic carbocycles. The van der Waals surface area contributed by atoms with E-state index in [0.29, 0.717) is 30.4 Å². The van der Waals surface area contributed by atoms with E-state index < -0.39 is 29.4 Å². The maximum Gasteiger partial charge on any atom is 0.419 e. The molecule has 0 amide bonds. The Morgan fingerprint density at radius 2 is 2.07 bits per heavy atom. The lowest BCUT2D eigenvalue weighted by molar-refractivity contribution is -0.140. The highest BCUT2D eigenvalue weighted by Crippen LogP contribution is 2.44. The Hall–Kier alpha value is -1.78. The van der Waals surface area contributed by atoms with Gasteiger partial charge in [-0.2, -0.15) is 13.2 Å².